The summed E-state index contributed by atoms with van der Waals surface area (Å²) in [6.45, 7) is 3.47. The molecule has 0 aliphatic carbocycles. The molecule has 0 aromatic carbocycles. The summed E-state index contributed by atoms with van der Waals surface area (Å²) in [6, 6.07) is -0.372. The molecule has 2 aliphatic rings. The van der Waals surface area contributed by atoms with E-state index >= 15 is 0 Å². The van der Waals surface area contributed by atoms with Gasteiger partial charge in [0.05, 0.1) is 41.2 Å². The van der Waals surface area contributed by atoms with E-state index in [-0.39, 0.29) is 59.7 Å². The second-order valence-corrected chi connectivity index (χ2v) is 8.85. The van der Waals surface area contributed by atoms with E-state index in [4.69, 9.17) is 5.11 Å². The van der Waals surface area contributed by atoms with Crippen LogP contribution < -0.4 is 34.7 Å². The van der Waals surface area contributed by atoms with Crippen molar-refractivity contribution in [3.05, 3.63) is 23.1 Å². The number of carboxylic acid groups (broad SMARTS) is 1. The number of thioether (sulfide) groups is 1. The van der Waals surface area contributed by atoms with Gasteiger partial charge in [0.15, 0.2) is 0 Å². The van der Waals surface area contributed by atoms with Crippen molar-refractivity contribution in [3.63, 3.8) is 0 Å². The van der Waals surface area contributed by atoms with Crippen LogP contribution >= 0.6 is 23.1 Å². The number of amides is 1. The molecule has 2 aromatic heterocycles. The molecule has 4 atom stereocenters. The normalized spacial score (nSPS) is 24.9. The van der Waals surface area contributed by atoms with E-state index in [2.05, 4.69) is 4.98 Å². The van der Waals surface area contributed by atoms with Gasteiger partial charge in [-0.1, -0.05) is 6.92 Å². The average molecular weight is 431 g/mol. The van der Waals surface area contributed by atoms with Crippen molar-refractivity contribution < 1.29 is 54.5 Å². The van der Waals surface area contributed by atoms with Crippen LogP contribution in [0.25, 0.3) is 10.4 Å². The van der Waals surface area contributed by atoms with Gasteiger partial charge in [-0.2, -0.15) is 0 Å². The second-order valence-electron chi connectivity index (χ2n) is 6.73. The fourth-order valence-corrected chi connectivity index (χ4v) is 6.08. The summed E-state index contributed by atoms with van der Waals surface area (Å²) in [6.07, 6.45) is 2.61. The second kappa shape index (κ2) is 8.10. The molecule has 2 aromatic rings. The summed E-state index contributed by atoms with van der Waals surface area (Å²) in [4.78, 5) is 31.4. The molecule has 2 N–H and O–H groups in total. The van der Waals surface area contributed by atoms with E-state index in [0.29, 0.717) is 11.3 Å². The van der Waals surface area contributed by atoms with Gasteiger partial charge in [-0.3, -0.25) is 9.20 Å². The maximum atomic E-state index is 12.4. The maximum absolute atomic E-state index is 12.4. The molecule has 0 saturated carbocycles. The minimum atomic E-state index is -1.39. The van der Waals surface area contributed by atoms with Gasteiger partial charge < -0.3 is 25.0 Å². The predicted octanol–water partition coefficient (Wildman–Crippen LogP) is -3.20. The predicted molar refractivity (Wildman–Crippen MR) is 97.8 cm³/mol. The van der Waals surface area contributed by atoms with Gasteiger partial charge >= 0.3 is 29.6 Å². The minimum Gasteiger partial charge on any atom is -0.543 e. The van der Waals surface area contributed by atoms with E-state index in [1.165, 1.54) is 28.0 Å². The molecule has 1 fully saturated rings. The zero-order valence-corrected chi connectivity index (χ0v) is 19.3. The first-order chi connectivity index (χ1) is 12.9. The average Bonchev–Trinajstić information content (AvgIpc) is 3.23. The standard InChI is InChI=1S/C17H19N3O5S2.Na/c1-7-10(9-5-19-6-18-14(16(19)27-9)26-4-3-21)13(17(24)25)20-12(7)11(8(2)22)15(20)23;/h5-8,11-12,21-22H,3-4H2,1-2H3,(H,24,25);/q;+1/p-1/t7-,8+,11+,12+;/m0./s1. The van der Waals surface area contributed by atoms with Crippen LogP contribution in [0.2, 0.25) is 0 Å². The van der Waals surface area contributed by atoms with Crippen molar-refractivity contribution in [1.29, 1.82) is 0 Å². The molecule has 1 saturated heterocycles. The molecule has 28 heavy (non-hydrogen) atoms. The molecule has 1 amide bonds. The number of aliphatic carboxylic acids is 1. The molecule has 11 heteroatoms. The van der Waals surface area contributed by atoms with Crippen LogP contribution in [0.1, 0.15) is 18.7 Å². The molecule has 144 valence electrons. The minimum absolute atomic E-state index is 0. The maximum Gasteiger partial charge on any atom is 1.00 e. The molecule has 0 spiro atoms. The first-order valence-corrected chi connectivity index (χ1v) is 10.3. The van der Waals surface area contributed by atoms with Crippen LogP contribution in [-0.2, 0) is 9.59 Å². The van der Waals surface area contributed by atoms with E-state index in [0.717, 1.165) is 14.7 Å². The van der Waals surface area contributed by atoms with Gasteiger partial charge in [0.25, 0.3) is 0 Å². The molecule has 0 bridgehead atoms. The van der Waals surface area contributed by atoms with Crippen molar-refractivity contribution in [2.75, 3.05) is 12.4 Å². The Bertz CT molecular complexity index is 969. The van der Waals surface area contributed by atoms with Crippen molar-refractivity contribution in [2.45, 2.75) is 31.0 Å². The molecule has 0 unspecified atom stereocenters. The summed E-state index contributed by atoms with van der Waals surface area (Å²) in [5, 5.41) is 31.5. The summed E-state index contributed by atoms with van der Waals surface area (Å²) in [5.74, 6) is -2.08. The fourth-order valence-electron chi connectivity index (χ4n) is 4.03. The summed E-state index contributed by atoms with van der Waals surface area (Å²) >= 11 is 2.82. The van der Waals surface area contributed by atoms with E-state index in [1.54, 1.807) is 19.4 Å². The SMILES string of the molecule is C[C@@H](O)[C@H]1C(=O)N2C(C(=O)[O-])=C(c3cn4cnc(SCCO)c4s3)[C@H](C)[C@H]12.[Na+]. The quantitative estimate of drug-likeness (QED) is 0.281. The smallest absolute Gasteiger partial charge is 0.543 e. The van der Waals surface area contributed by atoms with Crippen molar-refractivity contribution in [1.82, 2.24) is 14.3 Å². The number of thiazole rings is 1. The molecule has 0 radical (unpaired) electrons. The number of carbonyl (C=O) groups is 2. The third-order valence-electron chi connectivity index (χ3n) is 5.14. The summed E-state index contributed by atoms with van der Waals surface area (Å²) < 4.78 is 1.82. The van der Waals surface area contributed by atoms with Crippen LogP contribution in [0.3, 0.4) is 0 Å². The van der Waals surface area contributed by atoms with Gasteiger partial charge in [0.1, 0.15) is 16.2 Å². The van der Waals surface area contributed by atoms with Gasteiger partial charge in [0.2, 0.25) is 5.91 Å². The zero-order valence-electron chi connectivity index (χ0n) is 15.7. The Kier molecular flexibility index (Phi) is 6.31. The van der Waals surface area contributed by atoms with Crippen LogP contribution in [0.4, 0.5) is 0 Å². The fraction of sp³-hybridized carbons (Fsp3) is 0.471. The molecular weight excluding hydrogens is 413 g/mol. The Morgan fingerprint density at radius 2 is 2.21 bits per heavy atom. The van der Waals surface area contributed by atoms with E-state index in [9.17, 15) is 19.8 Å². The molecular formula is C17H18N3NaO5S2. The Labute approximate surface area is 191 Å². The zero-order chi connectivity index (χ0) is 19.5. The van der Waals surface area contributed by atoms with Gasteiger partial charge in [-0.05, 0) is 6.92 Å². The number of aliphatic hydroxyl groups is 2. The number of nitrogens with zero attached hydrogens (tertiary/aromatic N) is 3. The number of aromatic nitrogens is 2. The molecule has 8 nitrogen and oxygen atoms in total. The number of carboxylic acids is 1. The number of rotatable bonds is 6. The monoisotopic (exact) mass is 431 g/mol. The van der Waals surface area contributed by atoms with E-state index < -0.39 is 18.0 Å². The van der Waals surface area contributed by atoms with Crippen LogP contribution in [0.5, 0.6) is 0 Å². The third-order valence-corrected chi connectivity index (χ3v) is 7.37. The third kappa shape index (κ3) is 3.15. The van der Waals surface area contributed by atoms with Gasteiger partial charge in [0, 0.05) is 23.4 Å². The Balaban J connectivity index is 0.00000225. The number of β-lactam (4-membered cyclic amide) rings is 1. The van der Waals surface area contributed by atoms with E-state index in [1.807, 2.05) is 11.3 Å². The van der Waals surface area contributed by atoms with Crippen molar-refractivity contribution >= 4 is 45.4 Å². The first-order valence-electron chi connectivity index (χ1n) is 8.54. The Morgan fingerprint density at radius 1 is 1.50 bits per heavy atom. The molecule has 4 rings (SSSR count). The number of carbonyl (C=O) groups excluding carboxylic acids is 2. The van der Waals surface area contributed by atoms with Crippen molar-refractivity contribution in [2.24, 2.45) is 11.8 Å². The number of fused-ring (bicyclic) bond motifs is 2. The van der Waals surface area contributed by atoms with Gasteiger partial charge in [-0.25, -0.2) is 4.98 Å². The van der Waals surface area contributed by atoms with Crippen LogP contribution in [0, 0.1) is 11.8 Å². The van der Waals surface area contributed by atoms with Crippen LogP contribution in [-0.4, -0.2) is 60.9 Å². The molecule has 4 heterocycles. The van der Waals surface area contributed by atoms with Crippen LogP contribution in [0.15, 0.2) is 23.2 Å². The first kappa shape index (κ1) is 21.8. The summed E-state index contributed by atoms with van der Waals surface area (Å²) in [7, 11) is 0. The van der Waals surface area contributed by atoms with Gasteiger partial charge in [-0.15, -0.1) is 23.1 Å². The molecule has 2 aliphatic heterocycles. The topological polar surface area (TPSA) is 118 Å². The number of hydrogen-bond acceptors (Lipinski definition) is 8. The summed E-state index contributed by atoms with van der Waals surface area (Å²) in [5.41, 5.74) is 0.458. The largest absolute Gasteiger partial charge is 1.00 e. The Hall–Kier alpha value is -0.880. The Morgan fingerprint density at radius 3 is 2.82 bits per heavy atom. The number of hydrogen-bond donors (Lipinski definition) is 2. The van der Waals surface area contributed by atoms with Crippen molar-refractivity contribution in [3.8, 4) is 0 Å². The number of imidazole rings is 1. The number of aliphatic hydroxyl groups excluding tert-OH is 2.